The number of urea groups is 1. The first kappa shape index (κ1) is 22.6. The fourth-order valence-corrected chi connectivity index (χ4v) is 3.43. The SMILES string of the molecule is COCCNC(=O)Nc1cn2ncc(C#N)c(Nc3ccc(Oc4ccccc4)cc3)c2c1C. The molecule has 4 rings (SSSR count). The molecule has 0 saturated carbocycles. The normalized spacial score (nSPS) is 10.5. The highest BCUT2D eigenvalue weighted by Crippen LogP contribution is 2.33. The fraction of sp³-hybridized carbons (Fsp3) is 0.160. The molecule has 0 spiro atoms. The van der Waals surface area contributed by atoms with E-state index in [2.05, 4.69) is 27.1 Å². The summed E-state index contributed by atoms with van der Waals surface area (Å²) in [5.74, 6) is 1.45. The van der Waals surface area contributed by atoms with Gasteiger partial charge in [-0.15, -0.1) is 0 Å². The van der Waals surface area contributed by atoms with Crippen molar-refractivity contribution in [2.75, 3.05) is 30.9 Å². The first-order valence-electron chi connectivity index (χ1n) is 10.6. The number of aromatic nitrogens is 2. The minimum absolute atomic E-state index is 0.347. The number of rotatable bonds is 8. The first-order valence-corrected chi connectivity index (χ1v) is 10.6. The lowest BCUT2D eigenvalue weighted by molar-refractivity contribution is 0.198. The van der Waals surface area contributed by atoms with Crippen LogP contribution in [0.5, 0.6) is 11.5 Å². The van der Waals surface area contributed by atoms with E-state index < -0.39 is 0 Å². The average Bonchev–Trinajstić information content (AvgIpc) is 3.16. The highest BCUT2D eigenvalue weighted by Gasteiger charge is 2.17. The van der Waals surface area contributed by atoms with Gasteiger partial charge in [0, 0.05) is 24.9 Å². The summed E-state index contributed by atoms with van der Waals surface area (Å²) < 4.78 is 12.4. The second-order valence-electron chi connectivity index (χ2n) is 7.44. The summed E-state index contributed by atoms with van der Waals surface area (Å²) in [7, 11) is 1.57. The van der Waals surface area contributed by atoms with Crippen molar-refractivity contribution in [1.82, 2.24) is 14.9 Å². The third-order valence-corrected chi connectivity index (χ3v) is 5.12. The van der Waals surface area contributed by atoms with Crippen molar-refractivity contribution in [3.8, 4) is 17.6 Å². The van der Waals surface area contributed by atoms with Crippen LogP contribution in [0.4, 0.5) is 21.9 Å². The van der Waals surface area contributed by atoms with E-state index in [-0.39, 0.29) is 6.03 Å². The zero-order chi connectivity index (χ0) is 23.9. The Labute approximate surface area is 196 Å². The summed E-state index contributed by atoms with van der Waals surface area (Å²) in [4.78, 5) is 12.2. The Kier molecular flexibility index (Phi) is 6.91. The number of carbonyl (C=O) groups excluding carboxylic acids is 1. The van der Waals surface area contributed by atoms with E-state index in [1.54, 1.807) is 17.8 Å². The number of nitrogens with one attached hydrogen (secondary N) is 3. The Hall–Kier alpha value is -4.55. The predicted octanol–water partition coefficient (Wildman–Crippen LogP) is 4.82. The predicted molar refractivity (Wildman–Crippen MR) is 130 cm³/mol. The van der Waals surface area contributed by atoms with Gasteiger partial charge in [0.15, 0.2) is 0 Å². The molecule has 9 nitrogen and oxygen atoms in total. The molecule has 0 unspecified atom stereocenters. The van der Waals surface area contributed by atoms with Gasteiger partial charge in [0.1, 0.15) is 17.6 Å². The number of hydrogen-bond acceptors (Lipinski definition) is 6. The largest absolute Gasteiger partial charge is 0.457 e. The lowest BCUT2D eigenvalue weighted by atomic mass is 10.1. The Balaban J connectivity index is 1.58. The van der Waals surface area contributed by atoms with Crippen LogP contribution in [0.1, 0.15) is 11.1 Å². The van der Waals surface area contributed by atoms with E-state index in [1.165, 1.54) is 6.20 Å². The lowest BCUT2D eigenvalue weighted by Crippen LogP contribution is -2.31. The van der Waals surface area contributed by atoms with Crippen molar-refractivity contribution in [1.29, 1.82) is 5.26 Å². The zero-order valence-corrected chi connectivity index (χ0v) is 18.8. The number of hydrogen-bond donors (Lipinski definition) is 3. The van der Waals surface area contributed by atoms with Crippen LogP contribution in [-0.2, 0) is 4.74 Å². The van der Waals surface area contributed by atoms with Crippen molar-refractivity contribution in [3.63, 3.8) is 0 Å². The van der Waals surface area contributed by atoms with Crippen molar-refractivity contribution < 1.29 is 14.3 Å². The molecule has 0 bridgehead atoms. The standard InChI is InChI=1S/C25H24N6O3/c1-17-22(30-25(32)27-12-13-33-2)16-31-24(17)23(18(14-26)15-28-31)29-19-8-10-21(11-9-19)34-20-6-4-3-5-7-20/h3-11,15-16,29H,12-13H2,1-2H3,(H2,27,30,32). The van der Waals surface area contributed by atoms with E-state index in [0.29, 0.717) is 41.4 Å². The minimum Gasteiger partial charge on any atom is -0.457 e. The van der Waals surface area contributed by atoms with Gasteiger partial charge < -0.3 is 25.4 Å². The van der Waals surface area contributed by atoms with Crippen molar-refractivity contribution in [3.05, 3.63) is 78.1 Å². The van der Waals surface area contributed by atoms with Gasteiger partial charge in [-0.25, -0.2) is 9.31 Å². The van der Waals surface area contributed by atoms with Crippen molar-refractivity contribution in [2.45, 2.75) is 6.92 Å². The molecule has 2 amide bonds. The molecule has 0 fully saturated rings. The number of carbonyl (C=O) groups is 1. The lowest BCUT2D eigenvalue weighted by Gasteiger charge is -2.12. The molecule has 0 saturated heterocycles. The number of benzene rings is 2. The number of aryl methyl sites for hydroxylation is 1. The summed E-state index contributed by atoms with van der Waals surface area (Å²) in [6.07, 6.45) is 3.20. The molecule has 34 heavy (non-hydrogen) atoms. The second-order valence-corrected chi connectivity index (χ2v) is 7.44. The summed E-state index contributed by atoms with van der Waals surface area (Å²) in [6.45, 7) is 2.67. The summed E-state index contributed by atoms with van der Waals surface area (Å²) in [5, 5.41) is 22.9. The molecule has 4 aromatic rings. The van der Waals surface area contributed by atoms with Crippen molar-refractivity contribution >= 4 is 28.6 Å². The maximum absolute atomic E-state index is 12.2. The monoisotopic (exact) mass is 456 g/mol. The maximum Gasteiger partial charge on any atom is 0.319 e. The molecule has 0 aliphatic carbocycles. The Morgan fingerprint density at radius 3 is 2.56 bits per heavy atom. The third kappa shape index (κ3) is 5.09. The number of nitriles is 1. The molecule has 0 radical (unpaired) electrons. The number of anilines is 3. The summed E-state index contributed by atoms with van der Waals surface area (Å²) in [5.41, 5.74) is 3.81. The number of methoxy groups -OCH3 is 1. The van der Waals surface area contributed by atoms with Gasteiger partial charge in [0.25, 0.3) is 0 Å². The van der Waals surface area contributed by atoms with Crippen LogP contribution in [0.2, 0.25) is 0 Å². The van der Waals surface area contributed by atoms with E-state index in [9.17, 15) is 10.1 Å². The van der Waals surface area contributed by atoms with E-state index >= 15 is 0 Å². The van der Waals surface area contributed by atoms with Gasteiger partial charge in [0.2, 0.25) is 0 Å². The molecular formula is C25H24N6O3. The molecule has 0 aliphatic heterocycles. The topological polar surface area (TPSA) is 113 Å². The number of ether oxygens (including phenoxy) is 2. The van der Waals surface area contributed by atoms with Crippen LogP contribution in [0.3, 0.4) is 0 Å². The molecule has 3 N–H and O–H groups in total. The quantitative estimate of drug-likeness (QED) is 0.328. The Bertz CT molecular complexity index is 1330. The highest BCUT2D eigenvalue weighted by molar-refractivity contribution is 5.94. The average molecular weight is 457 g/mol. The van der Waals surface area contributed by atoms with Gasteiger partial charge in [-0.2, -0.15) is 10.4 Å². The van der Waals surface area contributed by atoms with Gasteiger partial charge in [0.05, 0.1) is 41.5 Å². The van der Waals surface area contributed by atoms with Crippen molar-refractivity contribution in [2.24, 2.45) is 0 Å². The van der Waals surface area contributed by atoms with Gasteiger partial charge >= 0.3 is 6.03 Å². The van der Waals surface area contributed by atoms with Gasteiger partial charge in [-0.05, 0) is 43.3 Å². The fourth-order valence-electron chi connectivity index (χ4n) is 3.43. The number of amides is 2. The molecule has 2 heterocycles. The van der Waals surface area contributed by atoms with Gasteiger partial charge in [-0.3, -0.25) is 0 Å². The first-order chi connectivity index (χ1) is 16.6. The molecule has 172 valence electrons. The number of nitrogens with zero attached hydrogens (tertiary/aromatic N) is 3. The van der Waals surface area contributed by atoms with Crippen LogP contribution in [0, 0.1) is 18.3 Å². The van der Waals surface area contributed by atoms with Gasteiger partial charge in [-0.1, -0.05) is 18.2 Å². The minimum atomic E-state index is -0.347. The highest BCUT2D eigenvalue weighted by atomic mass is 16.5. The van der Waals surface area contributed by atoms with Crippen LogP contribution < -0.4 is 20.7 Å². The molecular weight excluding hydrogens is 432 g/mol. The number of fused-ring (bicyclic) bond motifs is 1. The molecule has 0 atom stereocenters. The Morgan fingerprint density at radius 1 is 1.12 bits per heavy atom. The van der Waals surface area contributed by atoms with Crippen LogP contribution in [0.25, 0.3) is 5.52 Å². The van der Waals surface area contributed by atoms with E-state index in [1.807, 2.05) is 61.5 Å². The van der Waals surface area contributed by atoms with Crippen LogP contribution in [-0.4, -0.2) is 35.9 Å². The van der Waals surface area contributed by atoms with E-state index in [4.69, 9.17) is 9.47 Å². The molecule has 2 aromatic carbocycles. The van der Waals surface area contributed by atoms with Crippen LogP contribution >= 0.6 is 0 Å². The second kappa shape index (κ2) is 10.4. The summed E-state index contributed by atoms with van der Waals surface area (Å²) in [6, 6.07) is 18.8. The maximum atomic E-state index is 12.2. The number of para-hydroxylation sites is 1. The smallest absolute Gasteiger partial charge is 0.319 e. The zero-order valence-electron chi connectivity index (χ0n) is 18.8. The molecule has 2 aromatic heterocycles. The van der Waals surface area contributed by atoms with Crippen LogP contribution in [0.15, 0.2) is 67.0 Å². The third-order valence-electron chi connectivity index (χ3n) is 5.12. The molecule has 0 aliphatic rings. The Morgan fingerprint density at radius 2 is 1.85 bits per heavy atom. The molecule has 9 heteroatoms. The van der Waals surface area contributed by atoms with E-state index in [0.717, 1.165) is 17.0 Å². The summed E-state index contributed by atoms with van der Waals surface area (Å²) >= 11 is 0.